The highest BCUT2D eigenvalue weighted by atomic mass is 16.4. The Kier molecular flexibility index (Phi) is 5.55. The summed E-state index contributed by atoms with van der Waals surface area (Å²) in [4.78, 5) is 24.2. The molecule has 4 heteroatoms. The fourth-order valence-corrected chi connectivity index (χ4v) is 1.97. The molecule has 0 aliphatic rings. The average Bonchev–Trinajstić information content (AvgIpc) is 2.32. The number of aryl methyl sites for hydroxylation is 2. The predicted molar refractivity (Wildman–Crippen MR) is 74.0 cm³/mol. The van der Waals surface area contributed by atoms with Gasteiger partial charge in [0.05, 0.1) is 0 Å². The number of benzene rings is 1. The number of carbonyl (C=O) groups excluding carboxylic acids is 1. The van der Waals surface area contributed by atoms with E-state index in [0.29, 0.717) is 12.8 Å². The van der Waals surface area contributed by atoms with Gasteiger partial charge in [-0.05, 0) is 32.8 Å². The van der Waals surface area contributed by atoms with Crippen LogP contribution in [0.3, 0.4) is 0 Å². The number of hydrogen-bond acceptors (Lipinski definition) is 2. The number of hydrogen-bond donors (Lipinski definition) is 1. The Balaban J connectivity index is 2.59. The van der Waals surface area contributed by atoms with Crippen LogP contribution < -0.4 is 0 Å². The summed E-state index contributed by atoms with van der Waals surface area (Å²) in [5.74, 6) is -1.09. The summed E-state index contributed by atoms with van der Waals surface area (Å²) in [5, 5.41) is 8.81. The molecular formula is C15H21NO3. The van der Waals surface area contributed by atoms with Crippen molar-refractivity contribution < 1.29 is 14.7 Å². The van der Waals surface area contributed by atoms with Crippen LogP contribution in [0.15, 0.2) is 24.3 Å². The van der Waals surface area contributed by atoms with Gasteiger partial charge in [-0.15, -0.1) is 0 Å². The second-order valence-corrected chi connectivity index (χ2v) is 5.00. The largest absolute Gasteiger partial charge is 0.480 e. The first-order valence-corrected chi connectivity index (χ1v) is 6.47. The molecule has 1 aromatic rings. The van der Waals surface area contributed by atoms with E-state index in [-0.39, 0.29) is 18.5 Å². The Bertz CT molecular complexity index is 454. The number of carboxylic acid groups (broad SMARTS) is 1. The van der Waals surface area contributed by atoms with Gasteiger partial charge in [-0.25, -0.2) is 0 Å². The third-order valence-electron chi connectivity index (χ3n) is 2.96. The Morgan fingerprint density at radius 2 is 2.00 bits per heavy atom. The van der Waals surface area contributed by atoms with Crippen molar-refractivity contribution in [3.63, 3.8) is 0 Å². The lowest BCUT2D eigenvalue weighted by atomic mass is 10.1. The lowest BCUT2D eigenvalue weighted by molar-refractivity contribution is -0.145. The van der Waals surface area contributed by atoms with E-state index in [4.69, 9.17) is 5.11 Å². The van der Waals surface area contributed by atoms with Gasteiger partial charge >= 0.3 is 5.97 Å². The van der Waals surface area contributed by atoms with E-state index in [1.54, 1.807) is 0 Å². The van der Waals surface area contributed by atoms with E-state index >= 15 is 0 Å². The zero-order valence-corrected chi connectivity index (χ0v) is 11.7. The summed E-state index contributed by atoms with van der Waals surface area (Å²) in [6.45, 7) is 5.43. The van der Waals surface area contributed by atoms with E-state index in [1.807, 2.05) is 45.0 Å². The minimum absolute atomic E-state index is 0.0962. The van der Waals surface area contributed by atoms with Crippen LogP contribution in [0.25, 0.3) is 0 Å². The number of carbonyl (C=O) groups is 2. The topological polar surface area (TPSA) is 57.6 Å². The van der Waals surface area contributed by atoms with Gasteiger partial charge in [-0.2, -0.15) is 0 Å². The normalized spacial score (nSPS) is 10.5. The van der Waals surface area contributed by atoms with Gasteiger partial charge in [-0.1, -0.05) is 29.8 Å². The molecule has 0 saturated carbocycles. The van der Waals surface area contributed by atoms with Gasteiger partial charge in [0.15, 0.2) is 0 Å². The number of amides is 1. The summed E-state index contributed by atoms with van der Waals surface area (Å²) < 4.78 is 0. The van der Waals surface area contributed by atoms with Crippen LogP contribution in [0.2, 0.25) is 0 Å². The molecule has 0 saturated heterocycles. The van der Waals surface area contributed by atoms with Crippen molar-refractivity contribution in [2.45, 2.75) is 39.7 Å². The van der Waals surface area contributed by atoms with Gasteiger partial charge in [0, 0.05) is 12.5 Å². The number of rotatable bonds is 6. The number of carboxylic acids is 1. The first kappa shape index (κ1) is 15.2. The molecule has 1 amide bonds. The highest BCUT2D eigenvalue weighted by Gasteiger charge is 2.19. The highest BCUT2D eigenvalue weighted by molar-refractivity contribution is 5.81. The Morgan fingerprint density at radius 1 is 1.32 bits per heavy atom. The van der Waals surface area contributed by atoms with Crippen LogP contribution in [0.4, 0.5) is 0 Å². The van der Waals surface area contributed by atoms with Crippen LogP contribution in [0.5, 0.6) is 0 Å². The molecule has 0 aromatic heterocycles. The monoisotopic (exact) mass is 263 g/mol. The van der Waals surface area contributed by atoms with E-state index < -0.39 is 5.97 Å². The summed E-state index contributed by atoms with van der Waals surface area (Å²) in [6.07, 6.45) is 0.984. The van der Waals surface area contributed by atoms with Gasteiger partial charge in [0.2, 0.25) is 5.91 Å². The zero-order chi connectivity index (χ0) is 14.4. The minimum Gasteiger partial charge on any atom is -0.480 e. The Labute approximate surface area is 114 Å². The van der Waals surface area contributed by atoms with Crippen molar-refractivity contribution in [2.24, 2.45) is 0 Å². The maximum absolute atomic E-state index is 12.0. The molecule has 19 heavy (non-hydrogen) atoms. The molecule has 104 valence electrons. The SMILES string of the molecule is Cc1cccc(CCC(=O)N(CC(=O)O)C(C)C)c1. The van der Waals surface area contributed by atoms with Gasteiger partial charge in [0.25, 0.3) is 0 Å². The first-order valence-electron chi connectivity index (χ1n) is 6.47. The molecule has 0 radical (unpaired) electrons. The fraction of sp³-hybridized carbons (Fsp3) is 0.467. The molecular weight excluding hydrogens is 242 g/mol. The molecule has 1 N–H and O–H groups in total. The van der Waals surface area contributed by atoms with Crippen molar-refractivity contribution in [3.8, 4) is 0 Å². The molecule has 4 nitrogen and oxygen atoms in total. The third kappa shape index (κ3) is 5.12. The number of aliphatic carboxylic acids is 1. The van der Waals surface area contributed by atoms with Crippen LogP contribution in [0, 0.1) is 6.92 Å². The van der Waals surface area contributed by atoms with E-state index in [0.717, 1.165) is 11.1 Å². The van der Waals surface area contributed by atoms with Gasteiger partial charge in [0.1, 0.15) is 6.54 Å². The Morgan fingerprint density at radius 3 is 2.53 bits per heavy atom. The standard InChI is InChI=1S/C15H21NO3/c1-11(2)16(10-15(18)19)14(17)8-7-13-6-4-5-12(3)9-13/h4-6,9,11H,7-8,10H2,1-3H3,(H,18,19). The second-order valence-electron chi connectivity index (χ2n) is 5.00. The summed E-state index contributed by atoms with van der Waals surface area (Å²) in [5.41, 5.74) is 2.27. The third-order valence-corrected chi connectivity index (χ3v) is 2.96. The first-order chi connectivity index (χ1) is 8.90. The smallest absolute Gasteiger partial charge is 0.323 e. The fourth-order valence-electron chi connectivity index (χ4n) is 1.97. The quantitative estimate of drug-likeness (QED) is 0.856. The van der Waals surface area contributed by atoms with Crippen LogP contribution in [0.1, 0.15) is 31.4 Å². The van der Waals surface area contributed by atoms with Crippen molar-refractivity contribution in [2.75, 3.05) is 6.54 Å². The number of nitrogens with zero attached hydrogens (tertiary/aromatic N) is 1. The highest BCUT2D eigenvalue weighted by Crippen LogP contribution is 2.09. The average molecular weight is 263 g/mol. The molecule has 0 unspecified atom stereocenters. The molecule has 0 bridgehead atoms. The molecule has 0 fully saturated rings. The lowest BCUT2D eigenvalue weighted by Gasteiger charge is -2.24. The lowest BCUT2D eigenvalue weighted by Crippen LogP contribution is -2.40. The summed E-state index contributed by atoms with van der Waals surface area (Å²) in [7, 11) is 0. The molecule has 0 heterocycles. The van der Waals surface area contributed by atoms with Gasteiger partial charge in [-0.3, -0.25) is 9.59 Å². The van der Waals surface area contributed by atoms with Crippen molar-refractivity contribution in [1.29, 1.82) is 0 Å². The van der Waals surface area contributed by atoms with Crippen LogP contribution in [-0.2, 0) is 16.0 Å². The minimum atomic E-state index is -0.974. The maximum Gasteiger partial charge on any atom is 0.323 e. The second kappa shape index (κ2) is 6.92. The van der Waals surface area contributed by atoms with E-state index in [9.17, 15) is 9.59 Å². The van der Waals surface area contributed by atoms with Crippen molar-refractivity contribution >= 4 is 11.9 Å². The van der Waals surface area contributed by atoms with E-state index in [1.165, 1.54) is 4.90 Å². The summed E-state index contributed by atoms with van der Waals surface area (Å²) in [6, 6.07) is 7.91. The molecule has 1 aromatic carbocycles. The zero-order valence-electron chi connectivity index (χ0n) is 11.7. The van der Waals surface area contributed by atoms with E-state index in [2.05, 4.69) is 0 Å². The maximum atomic E-state index is 12.0. The van der Waals surface area contributed by atoms with Crippen molar-refractivity contribution in [1.82, 2.24) is 4.90 Å². The van der Waals surface area contributed by atoms with Crippen LogP contribution >= 0.6 is 0 Å². The molecule has 1 rings (SSSR count). The Hall–Kier alpha value is -1.84. The summed E-state index contributed by atoms with van der Waals surface area (Å²) >= 11 is 0. The molecule has 0 spiro atoms. The predicted octanol–water partition coefficient (Wildman–Crippen LogP) is 2.25. The molecule has 0 aliphatic carbocycles. The molecule has 0 atom stereocenters. The van der Waals surface area contributed by atoms with Crippen LogP contribution in [-0.4, -0.2) is 34.5 Å². The molecule has 0 aliphatic heterocycles. The van der Waals surface area contributed by atoms with Gasteiger partial charge < -0.3 is 10.0 Å². The van der Waals surface area contributed by atoms with Crippen molar-refractivity contribution in [3.05, 3.63) is 35.4 Å².